The van der Waals surface area contributed by atoms with Crippen LogP contribution in [0.15, 0.2) is 42.5 Å². The number of benzene rings is 2. The summed E-state index contributed by atoms with van der Waals surface area (Å²) in [6.07, 6.45) is 0. The number of halogens is 1. The highest BCUT2D eigenvalue weighted by atomic mass is 35.5. The van der Waals surface area contributed by atoms with Crippen LogP contribution in [0.2, 0.25) is 5.02 Å². The predicted molar refractivity (Wildman–Crippen MR) is 100 cm³/mol. The van der Waals surface area contributed by atoms with Crippen LogP contribution in [-0.2, 0) is 4.79 Å². The maximum absolute atomic E-state index is 12.6. The zero-order valence-electron chi connectivity index (χ0n) is 13.1. The van der Waals surface area contributed by atoms with Crippen LogP contribution in [0.3, 0.4) is 0 Å². The van der Waals surface area contributed by atoms with Crippen LogP contribution in [-0.4, -0.2) is 11.8 Å². The molecular formula is C18H15ClN2O2S. The van der Waals surface area contributed by atoms with Crippen molar-refractivity contribution in [2.45, 2.75) is 13.8 Å². The van der Waals surface area contributed by atoms with Crippen molar-refractivity contribution in [2.75, 3.05) is 10.6 Å². The molecule has 24 heavy (non-hydrogen) atoms. The molecule has 0 fully saturated rings. The molecule has 2 aromatic carbocycles. The van der Waals surface area contributed by atoms with Gasteiger partial charge >= 0.3 is 0 Å². The molecule has 6 heteroatoms. The van der Waals surface area contributed by atoms with Gasteiger partial charge in [0, 0.05) is 28.4 Å². The Morgan fingerprint density at radius 1 is 1.00 bits per heavy atom. The fraction of sp³-hybridized carbons (Fsp3) is 0.111. The van der Waals surface area contributed by atoms with Crippen molar-refractivity contribution in [1.29, 1.82) is 0 Å². The summed E-state index contributed by atoms with van der Waals surface area (Å²) in [5.74, 6) is -0.418. The highest BCUT2D eigenvalue weighted by Crippen LogP contribution is 2.36. The first kappa shape index (κ1) is 16.5. The Bertz CT molecular complexity index is 949. The Morgan fingerprint density at radius 3 is 2.33 bits per heavy atom. The van der Waals surface area contributed by atoms with Gasteiger partial charge in [-0.1, -0.05) is 35.9 Å². The van der Waals surface area contributed by atoms with Crippen LogP contribution in [0, 0.1) is 6.92 Å². The molecule has 1 heterocycles. The molecule has 0 radical (unpaired) electrons. The van der Waals surface area contributed by atoms with Crippen molar-refractivity contribution in [3.05, 3.63) is 57.9 Å². The van der Waals surface area contributed by atoms with Gasteiger partial charge in [-0.15, -0.1) is 11.3 Å². The van der Waals surface area contributed by atoms with Gasteiger partial charge in [0.15, 0.2) is 0 Å². The summed E-state index contributed by atoms with van der Waals surface area (Å²) in [5.41, 5.74) is 2.10. The third-order valence-corrected chi connectivity index (χ3v) is 5.31. The lowest BCUT2D eigenvalue weighted by Gasteiger charge is -2.12. The quantitative estimate of drug-likeness (QED) is 0.686. The van der Waals surface area contributed by atoms with E-state index in [1.807, 2.05) is 31.2 Å². The van der Waals surface area contributed by atoms with Gasteiger partial charge in [0.25, 0.3) is 5.91 Å². The molecule has 4 nitrogen and oxygen atoms in total. The van der Waals surface area contributed by atoms with Gasteiger partial charge in [-0.05, 0) is 30.7 Å². The molecule has 1 aromatic heterocycles. The Balaban J connectivity index is 1.92. The molecule has 2 amide bonds. The first-order chi connectivity index (χ1) is 11.5. The van der Waals surface area contributed by atoms with E-state index in [9.17, 15) is 9.59 Å². The number of carbonyl (C=O) groups is 2. The smallest absolute Gasteiger partial charge is 0.267 e. The summed E-state index contributed by atoms with van der Waals surface area (Å²) < 4.78 is 0.969. The number of anilines is 2. The topological polar surface area (TPSA) is 58.2 Å². The third-order valence-electron chi connectivity index (χ3n) is 3.63. The fourth-order valence-electron chi connectivity index (χ4n) is 2.44. The Hall–Kier alpha value is -2.37. The largest absolute Gasteiger partial charge is 0.326 e. The highest BCUT2D eigenvalue weighted by molar-refractivity contribution is 7.21. The number of rotatable bonds is 3. The van der Waals surface area contributed by atoms with E-state index < -0.39 is 0 Å². The number of hydrogen-bond donors (Lipinski definition) is 2. The van der Waals surface area contributed by atoms with E-state index in [4.69, 9.17) is 11.6 Å². The van der Waals surface area contributed by atoms with Crippen molar-refractivity contribution in [1.82, 2.24) is 0 Å². The van der Waals surface area contributed by atoms with Gasteiger partial charge in [-0.3, -0.25) is 9.59 Å². The first-order valence-corrected chi connectivity index (χ1v) is 8.52. The number of fused-ring (bicyclic) bond motifs is 1. The molecule has 3 rings (SSSR count). The van der Waals surface area contributed by atoms with Crippen molar-refractivity contribution in [2.24, 2.45) is 0 Å². The lowest BCUT2D eigenvalue weighted by molar-refractivity contribution is -0.114. The monoisotopic (exact) mass is 358 g/mol. The second kappa shape index (κ2) is 6.63. The van der Waals surface area contributed by atoms with Gasteiger partial charge in [-0.25, -0.2) is 0 Å². The molecule has 0 saturated carbocycles. The zero-order chi connectivity index (χ0) is 17.3. The third kappa shape index (κ3) is 3.13. The summed E-state index contributed by atoms with van der Waals surface area (Å²) in [5, 5.41) is 6.96. The van der Waals surface area contributed by atoms with Crippen LogP contribution in [0.5, 0.6) is 0 Å². The van der Waals surface area contributed by atoms with E-state index in [2.05, 4.69) is 10.6 Å². The van der Waals surface area contributed by atoms with Crippen molar-refractivity contribution in [3.8, 4) is 0 Å². The van der Waals surface area contributed by atoms with Gasteiger partial charge in [0.05, 0.1) is 5.02 Å². The molecule has 0 bridgehead atoms. The van der Waals surface area contributed by atoms with E-state index in [1.165, 1.54) is 18.3 Å². The van der Waals surface area contributed by atoms with Crippen molar-refractivity contribution in [3.63, 3.8) is 0 Å². The molecular weight excluding hydrogens is 344 g/mol. The summed E-state index contributed by atoms with van der Waals surface area (Å²) >= 11 is 7.71. The molecule has 0 aliphatic rings. The summed E-state index contributed by atoms with van der Waals surface area (Å²) in [6, 6.07) is 13.0. The van der Waals surface area contributed by atoms with E-state index in [-0.39, 0.29) is 11.8 Å². The number of amides is 2. The Labute approximate surface area is 148 Å². The van der Waals surface area contributed by atoms with Gasteiger partial charge in [0.2, 0.25) is 5.91 Å². The number of hydrogen-bond acceptors (Lipinski definition) is 3. The average Bonchev–Trinajstić information content (AvgIpc) is 2.88. The SMILES string of the molecule is CC(=O)Nc1cccc(NC(=O)c2sc3ccccc3c2Cl)c1C. The minimum absolute atomic E-state index is 0.158. The first-order valence-electron chi connectivity index (χ1n) is 7.33. The van der Waals surface area contributed by atoms with E-state index in [0.717, 1.165) is 15.6 Å². The normalized spacial score (nSPS) is 10.6. The van der Waals surface area contributed by atoms with Crippen LogP contribution in [0.25, 0.3) is 10.1 Å². The number of nitrogens with one attached hydrogen (secondary N) is 2. The Morgan fingerprint density at radius 2 is 1.67 bits per heavy atom. The lowest BCUT2D eigenvalue weighted by atomic mass is 10.1. The molecule has 0 unspecified atom stereocenters. The van der Waals surface area contributed by atoms with Gasteiger partial charge in [0.1, 0.15) is 4.88 Å². The standard InChI is InChI=1S/C18H15ClN2O2S/c1-10-13(20-11(2)22)7-5-8-14(10)21-18(23)17-16(19)12-6-3-4-9-15(12)24-17/h3-9H,1-2H3,(H,20,22)(H,21,23). The van der Waals surface area contributed by atoms with E-state index in [0.29, 0.717) is 21.3 Å². The van der Waals surface area contributed by atoms with Gasteiger partial charge in [-0.2, -0.15) is 0 Å². The van der Waals surface area contributed by atoms with Crippen molar-refractivity contribution >= 4 is 56.2 Å². The van der Waals surface area contributed by atoms with Crippen LogP contribution < -0.4 is 10.6 Å². The molecule has 2 N–H and O–H groups in total. The minimum atomic E-state index is -0.260. The maximum Gasteiger partial charge on any atom is 0.267 e. The molecule has 0 spiro atoms. The molecule has 0 aliphatic carbocycles. The van der Waals surface area contributed by atoms with Crippen LogP contribution in [0.4, 0.5) is 11.4 Å². The second-order valence-electron chi connectivity index (χ2n) is 5.35. The summed E-state index contributed by atoms with van der Waals surface area (Å²) in [4.78, 5) is 24.3. The van der Waals surface area contributed by atoms with Crippen molar-refractivity contribution < 1.29 is 9.59 Å². The van der Waals surface area contributed by atoms with E-state index in [1.54, 1.807) is 18.2 Å². The lowest BCUT2D eigenvalue weighted by Crippen LogP contribution is -2.13. The highest BCUT2D eigenvalue weighted by Gasteiger charge is 2.18. The Kier molecular flexibility index (Phi) is 4.55. The molecule has 0 atom stereocenters. The summed E-state index contributed by atoms with van der Waals surface area (Å²) in [6.45, 7) is 3.29. The van der Waals surface area contributed by atoms with Gasteiger partial charge < -0.3 is 10.6 Å². The average molecular weight is 359 g/mol. The zero-order valence-corrected chi connectivity index (χ0v) is 14.7. The summed E-state index contributed by atoms with van der Waals surface area (Å²) in [7, 11) is 0. The number of thiophene rings is 1. The fourth-order valence-corrected chi connectivity index (χ4v) is 3.85. The predicted octanol–water partition coefficient (Wildman–Crippen LogP) is 5.07. The molecule has 0 saturated heterocycles. The maximum atomic E-state index is 12.6. The van der Waals surface area contributed by atoms with E-state index >= 15 is 0 Å². The second-order valence-corrected chi connectivity index (χ2v) is 6.78. The minimum Gasteiger partial charge on any atom is -0.326 e. The van der Waals surface area contributed by atoms with Crippen LogP contribution >= 0.6 is 22.9 Å². The molecule has 0 aliphatic heterocycles. The number of carbonyl (C=O) groups excluding carboxylic acids is 2. The molecule has 122 valence electrons. The molecule has 3 aromatic rings. The van der Waals surface area contributed by atoms with Crippen LogP contribution in [0.1, 0.15) is 22.2 Å².